The number of aryl methyl sites for hydroxylation is 1. The van der Waals surface area contributed by atoms with E-state index in [0.29, 0.717) is 6.04 Å². The lowest BCUT2D eigenvalue weighted by atomic mass is 9.94. The summed E-state index contributed by atoms with van der Waals surface area (Å²) >= 11 is 0. The van der Waals surface area contributed by atoms with Crippen LogP contribution in [0.15, 0.2) is 12.3 Å². The van der Waals surface area contributed by atoms with Gasteiger partial charge in [-0.25, -0.2) is 0 Å². The lowest BCUT2D eigenvalue weighted by Crippen LogP contribution is -2.31. The molecular weight excluding hydrogens is 224 g/mol. The van der Waals surface area contributed by atoms with Crippen molar-refractivity contribution in [3.8, 4) is 5.75 Å². The maximum absolute atomic E-state index is 5.59. The molecule has 2 aromatic rings. The van der Waals surface area contributed by atoms with E-state index in [1.165, 1.54) is 27.6 Å². The minimum absolute atomic E-state index is 0. The van der Waals surface area contributed by atoms with Crippen molar-refractivity contribution in [1.29, 1.82) is 0 Å². The summed E-state index contributed by atoms with van der Waals surface area (Å²) < 4.78 is 5.59. The van der Waals surface area contributed by atoms with Gasteiger partial charge in [0.15, 0.2) is 0 Å². The molecule has 0 fully saturated rings. The first-order chi connectivity index (χ1) is 8.70. The Morgan fingerprint density at radius 2 is 2.28 bits per heavy atom. The average molecular weight is 248 g/mol. The van der Waals surface area contributed by atoms with Gasteiger partial charge in [-0.05, 0) is 50.4 Å². The molecule has 1 aliphatic rings. The number of hydrogen-bond donors (Lipinski definition) is 2. The van der Waals surface area contributed by atoms with E-state index >= 15 is 0 Å². The Bertz CT molecular complexity index is 595. The number of benzene rings is 1. The minimum Gasteiger partial charge on any atom is -0.496 e. The van der Waals surface area contributed by atoms with Gasteiger partial charge in [0.25, 0.3) is 0 Å². The number of aromatic amines is 1. The molecule has 0 saturated heterocycles. The van der Waals surface area contributed by atoms with E-state index in [-0.39, 0.29) is 2.85 Å². The van der Waals surface area contributed by atoms with Crippen LogP contribution in [-0.2, 0) is 12.8 Å². The monoisotopic (exact) mass is 248 g/mol. The molecular formula is C15H24N2O. The number of nitrogens with one attached hydrogen (secondary N) is 2. The van der Waals surface area contributed by atoms with Crippen molar-refractivity contribution >= 4 is 10.9 Å². The average Bonchev–Trinajstić information content (AvgIpc) is 2.74. The number of aromatic nitrogens is 1. The Balaban J connectivity index is 0.000001000. The standard InChI is InChI=1S/C15H20N2O.2H2/c1-9-6-13(18-3)12-7-10(2)16-5-4-11-8-17-15(9)14(11)12;;/h6,8,10,16-17H,4-5,7H2,1-3H3;2*1H. The fourth-order valence-corrected chi connectivity index (χ4v) is 3.01. The van der Waals surface area contributed by atoms with Crippen molar-refractivity contribution in [3.05, 3.63) is 29.0 Å². The van der Waals surface area contributed by atoms with Gasteiger partial charge >= 0.3 is 0 Å². The minimum atomic E-state index is 0. The predicted octanol–water partition coefficient (Wildman–Crippen LogP) is 3.05. The first kappa shape index (κ1) is 11.6. The van der Waals surface area contributed by atoms with Crippen LogP contribution in [0.4, 0.5) is 0 Å². The maximum atomic E-state index is 5.59. The molecule has 1 atom stereocenters. The van der Waals surface area contributed by atoms with Crippen molar-refractivity contribution in [2.24, 2.45) is 0 Å². The number of H-pyrrole nitrogens is 1. The summed E-state index contributed by atoms with van der Waals surface area (Å²) in [6.07, 6.45) is 4.24. The zero-order valence-electron chi connectivity index (χ0n) is 11.3. The third-order valence-corrected chi connectivity index (χ3v) is 3.92. The fraction of sp³-hybridized carbons (Fsp3) is 0.467. The zero-order valence-corrected chi connectivity index (χ0v) is 11.3. The summed E-state index contributed by atoms with van der Waals surface area (Å²) in [6, 6.07) is 2.64. The molecule has 0 saturated carbocycles. The second-order valence-electron chi connectivity index (χ2n) is 5.25. The lowest BCUT2D eigenvalue weighted by molar-refractivity contribution is 0.406. The first-order valence-electron chi connectivity index (χ1n) is 6.60. The van der Waals surface area contributed by atoms with Gasteiger partial charge in [-0.3, -0.25) is 0 Å². The molecule has 3 rings (SSSR count). The van der Waals surface area contributed by atoms with Crippen LogP contribution in [0.3, 0.4) is 0 Å². The molecule has 2 heterocycles. The Kier molecular flexibility index (Phi) is 2.78. The SMILES string of the molecule is COc1cc(C)c2[nH]cc3c2c1CC(C)NCC3.[HH].[HH]. The van der Waals surface area contributed by atoms with Gasteiger partial charge in [-0.1, -0.05) is 0 Å². The molecule has 1 aromatic heterocycles. The van der Waals surface area contributed by atoms with Gasteiger partial charge in [0.05, 0.1) is 7.11 Å². The van der Waals surface area contributed by atoms with Crippen molar-refractivity contribution in [3.63, 3.8) is 0 Å². The summed E-state index contributed by atoms with van der Waals surface area (Å²) in [5.41, 5.74) is 5.28. The van der Waals surface area contributed by atoms with Gasteiger partial charge in [0, 0.05) is 31.6 Å². The van der Waals surface area contributed by atoms with Crippen LogP contribution in [0.25, 0.3) is 10.9 Å². The molecule has 0 bridgehead atoms. The highest BCUT2D eigenvalue weighted by Crippen LogP contribution is 2.34. The smallest absolute Gasteiger partial charge is 0.123 e. The molecule has 1 aromatic carbocycles. The highest BCUT2D eigenvalue weighted by atomic mass is 16.5. The predicted molar refractivity (Wildman–Crippen MR) is 78.7 cm³/mol. The van der Waals surface area contributed by atoms with Crippen LogP contribution in [0, 0.1) is 6.92 Å². The number of rotatable bonds is 1. The van der Waals surface area contributed by atoms with Crippen molar-refractivity contribution < 1.29 is 7.59 Å². The van der Waals surface area contributed by atoms with Gasteiger partial charge < -0.3 is 15.0 Å². The highest BCUT2D eigenvalue weighted by Gasteiger charge is 2.19. The van der Waals surface area contributed by atoms with Crippen molar-refractivity contribution in [2.75, 3.05) is 13.7 Å². The molecule has 3 heteroatoms. The van der Waals surface area contributed by atoms with Crippen molar-refractivity contribution in [2.45, 2.75) is 32.7 Å². The van der Waals surface area contributed by atoms with Gasteiger partial charge in [0.2, 0.25) is 0 Å². The molecule has 0 amide bonds. The normalized spacial score (nSPS) is 19.6. The van der Waals surface area contributed by atoms with Crippen LogP contribution >= 0.6 is 0 Å². The third kappa shape index (κ3) is 1.70. The number of methoxy groups -OCH3 is 1. The van der Waals surface area contributed by atoms with Crippen LogP contribution in [0.2, 0.25) is 0 Å². The molecule has 1 unspecified atom stereocenters. The van der Waals surface area contributed by atoms with Gasteiger partial charge in [-0.15, -0.1) is 0 Å². The third-order valence-electron chi connectivity index (χ3n) is 3.92. The first-order valence-corrected chi connectivity index (χ1v) is 6.60. The Morgan fingerprint density at radius 1 is 1.44 bits per heavy atom. The van der Waals surface area contributed by atoms with Crippen molar-refractivity contribution in [1.82, 2.24) is 10.3 Å². The molecule has 1 aliphatic heterocycles. The molecule has 2 N–H and O–H groups in total. The Labute approximate surface area is 111 Å². The van der Waals surface area contributed by atoms with Gasteiger partial charge in [0.1, 0.15) is 5.75 Å². The van der Waals surface area contributed by atoms with E-state index in [1.54, 1.807) is 7.11 Å². The highest BCUT2D eigenvalue weighted by molar-refractivity contribution is 5.91. The molecule has 0 spiro atoms. The fourth-order valence-electron chi connectivity index (χ4n) is 3.01. The molecule has 18 heavy (non-hydrogen) atoms. The second-order valence-corrected chi connectivity index (χ2v) is 5.25. The van der Waals surface area contributed by atoms with Crippen LogP contribution in [0.1, 0.15) is 26.5 Å². The second kappa shape index (κ2) is 4.32. The summed E-state index contributed by atoms with van der Waals surface area (Å²) in [4.78, 5) is 3.43. The summed E-state index contributed by atoms with van der Waals surface area (Å²) in [5, 5.41) is 4.94. The maximum Gasteiger partial charge on any atom is 0.123 e. The Morgan fingerprint density at radius 3 is 3.06 bits per heavy atom. The largest absolute Gasteiger partial charge is 0.496 e. The quantitative estimate of drug-likeness (QED) is 0.814. The number of ether oxygens (including phenoxy) is 1. The van der Waals surface area contributed by atoms with E-state index in [9.17, 15) is 0 Å². The van der Waals surface area contributed by atoms with Crippen LogP contribution in [-0.4, -0.2) is 24.7 Å². The topological polar surface area (TPSA) is 37.0 Å². The van der Waals surface area contributed by atoms with E-state index in [0.717, 1.165) is 25.1 Å². The van der Waals surface area contributed by atoms with Crippen LogP contribution in [0.5, 0.6) is 5.75 Å². The van der Waals surface area contributed by atoms with E-state index < -0.39 is 0 Å². The molecule has 3 nitrogen and oxygen atoms in total. The molecule has 0 aliphatic carbocycles. The van der Waals surface area contributed by atoms with E-state index in [2.05, 4.69) is 36.4 Å². The zero-order chi connectivity index (χ0) is 12.7. The summed E-state index contributed by atoms with van der Waals surface area (Å²) in [5.74, 6) is 1.02. The number of hydrogen-bond acceptors (Lipinski definition) is 2. The summed E-state index contributed by atoms with van der Waals surface area (Å²) in [7, 11) is 1.76. The van der Waals surface area contributed by atoms with Gasteiger partial charge in [-0.2, -0.15) is 0 Å². The Hall–Kier alpha value is -1.48. The molecule has 100 valence electrons. The van der Waals surface area contributed by atoms with E-state index in [4.69, 9.17) is 4.74 Å². The van der Waals surface area contributed by atoms with Crippen LogP contribution < -0.4 is 10.1 Å². The molecule has 0 radical (unpaired) electrons. The summed E-state index contributed by atoms with van der Waals surface area (Å²) in [6.45, 7) is 5.43. The van der Waals surface area contributed by atoms with E-state index in [1.807, 2.05) is 0 Å². The lowest BCUT2D eigenvalue weighted by Gasteiger charge is -2.21.